The average molecular weight is 387 g/mol. The van der Waals surface area contributed by atoms with Gasteiger partial charge in [-0.25, -0.2) is 0 Å². The zero-order chi connectivity index (χ0) is 0. The molecule has 0 unspecified atom stereocenters. The summed E-state index contributed by atoms with van der Waals surface area (Å²) in [6.07, 6.45) is 0. The maximum absolute atomic E-state index is 0. The van der Waals surface area contributed by atoms with Crippen molar-refractivity contribution in [1.82, 2.24) is 0 Å². The van der Waals surface area contributed by atoms with Crippen LogP contribution in [0.5, 0.6) is 0 Å². The monoisotopic (exact) mass is 385 g/mol. The molecule has 0 amide bonds. The van der Waals surface area contributed by atoms with E-state index in [0.717, 1.165) is 0 Å². The van der Waals surface area contributed by atoms with Crippen molar-refractivity contribution in [2.24, 2.45) is 0 Å². The van der Waals surface area contributed by atoms with E-state index >= 15 is 0 Å². The summed E-state index contributed by atoms with van der Waals surface area (Å²) < 4.78 is 0. The zero-order valence-electron chi connectivity index (χ0n) is 3.95. The minimum Gasteiger partial charge on any atom is -0.147 e. The molecule has 0 rings (SSSR count). The maximum atomic E-state index is 0. The minimum atomic E-state index is 0. The molecule has 0 nitrogen and oxygen atoms in total. The number of hydrogen-bond donors (Lipinski definition) is 0. The van der Waals surface area contributed by atoms with Crippen LogP contribution in [0, 0.1) is 0 Å². The van der Waals surface area contributed by atoms with Gasteiger partial charge in [-0.15, -0.1) is 49.6 Å². The van der Waals surface area contributed by atoms with E-state index < -0.39 is 0 Å². The van der Waals surface area contributed by atoms with E-state index in [9.17, 15) is 0 Å². The summed E-state index contributed by atoms with van der Waals surface area (Å²) in [5.74, 6) is 0. The number of hydrogen-bond acceptors (Lipinski definition) is 0. The smallest absolute Gasteiger partial charge is 0 e. The summed E-state index contributed by atoms with van der Waals surface area (Å²) in [6.45, 7) is 0. The van der Waals surface area contributed by atoms with E-state index in [4.69, 9.17) is 0 Å². The van der Waals surface area contributed by atoms with Gasteiger partial charge in [0, 0.05) is 80.2 Å². The number of halogens is 4. The van der Waals surface area contributed by atoms with Crippen LogP contribution in [-0.4, -0.2) is 59.1 Å². The summed E-state index contributed by atoms with van der Waals surface area (Å²) >= 11 is 0. The first-order valence-corrected chi connectivity index (χ1v) is 0. The van der Waals surface area contributed by atoms with Crippen LogP contribution in [-0.2, 0) is 21.1 Å². The quantitative estimate of drug-likeness (QED) is 0.543. The molecule has 7 heteroatoms. The molecular weight excluding hydrogens is 383 g/mol. The van der Waals surface area contributed by atoms with E-state index in [1.54, 1.807) is 0 Å². The summed E-state index contributed by atoms with van der Waals surface area (Å²) in [4.78, 5) is 0. The fourth-order valence-electron chi connectivity index (χ4n) is 0. The van der Waals surface area contributed by atoms with Gasteiger partial charge in [0.15, 0.2) is 0 Å². The first-order valence-electron chi connectivity index (χ1n) is 0. The maximum Gasteiger partial charge on any atom is 0 e. The van der Waals surface area contributed by atoms with Crippen LogP contribution >= 0.6 is 49.6 Å². The topological polar surface area (TPSA) is 0 Å². The van der Waals surface area contributed by atoms with Gasteiger partial charge in [0.25, 0.3) is 0 Å². The Hall–Kier alpha value is 3.85. The molecule has 0 spiro atoms. The fourth-order valence-corrected chi connectivity index (χ4v) is 0. The van der Waals surface area contributed by atoms with Crippen molar-refractivity contribution in [1.29, 1.82) is 0 Å². The molecule has 44 valence electrons. The van der Waals surface area contributed by atoms with Crippen LogP contribution in [0.15, 0.2) is 0 Å². The first kappa shape index (κ1) is 71.0. The van der Waals surface area contributed by atoms with Crippen molar-refractivity contribution in [3.05, 3.63) is 0 Å². The van der Waals surface area contributed by atoms with Gasteiger partial charge in [-0.3, -0.25) is 0 Å². The summed E-state index contributed by atoms with van der Waals surface area (Å²) in [5.41, 5.74) is 0. The van der Waals surface area contributed by atoms with E-state index in [0.29, 0.717) is 0 Å². The Balaban J connectivity index is 0. The Bertz CT molecular complexity index is 9.65. The van der Waals surface area contributed by atoms with E-state index in [2.05, 4.69) is 0 Å². The third-order valence-electron chi connectivity index (χ3n) is 0. The second-order valence-corrected chi connectivity index (χ2v) is 0. The van der Waals surface area contributed by atoms with Crippen LogP contribution in [0.25, 0.3) is 0 Å². The van der Waals surface area contributed by atoms with Crippen LogP contribution in [0.4, 0.5) is 0 Å². The first-order chi connectivity index (χ1) is 0. The minimum absolute atomic E-state index is 0. The molecule has 2 radical (unpaired) electrons. The van der Waals surface area contributed by atoms with E-state index in [1.807, 2.05) is 0 Å². The molecule has 0 N–H and O–H groups in total. The summed E-state index contributed by atoms with van der Waals surface area (Å²) in [5, 5.41) is 0. The Morgan fingerprint density at radius 1 is 0.429 bits per heavy atom. The van der Waals surface area contributed by atoms with Crippen molar-refractivity contribution in [3.63, 3.8) is 0 Å². The molecule has 0 aliphatic rings. The zero-order valence-corrected chi connectivity index (χ0v) is 13.5. The van der Waals surface area contributed by atoms with Gasteiger partial charge >= 0.3 is 0 Å². The SMILES string of the molecule is Cl.Cl.Cl.Cl.[Na].[Na].[Pt]. The largest absolute Gasteiger partial charge is 0.147 e. The molecule has 0 atom stereocenters. The molecule has 0 saturated carbocycles. The summed E-state index contributed by atoms with van der Waals surface area (Å²) in [6, 6.07) is 0. The van der Waals surface area contributed by atoms with Gasteiger partial charge in [-0.05, 0) is 0 Å². The van der Waals surface area contributed by atoms with E-state index in [1.165, 1.54) is 0 Å². The van der Waals surface area contributed by atoms with Crippen LogP contribution < -0.4 is 0 Å². The molecule has 0 aromatic rings. The second-order valence-electron chi connectivity index (χ2n) is 0. The van der Waals surface area contributed by atoms with E-state index in [-0.39, 0.29) is 130 Å². The predicted octanol–water partition coefficient (Wildman–Crippen LogP) is 0.923. The van der Waals surface area contributed by atoms with Gasteiger partial charge in [0.2, 0.25) is 0 Å². The normalized spacial score (nSPS) is 0. The molecule has 0 aromatic carbocycles. The van der Waals surface area contributed by atoms with Crippen molar-refractivity contribution < 1.29 is 21.1 Å². The Labute approximate surface area is 127 Å². The average Bonchev–Trinajstić information content (AvgIpc) is 0. The van der Waals surface area contributed by atoms with Gasteiger partial charge in [-0.2, -0.15) is 0 Å². The Morgan fingerprint density at radius 2 is 0.429 bits per heavy atom. The fraction of sp³-hybridized carbons (Fsp3) is 0. The molecule has 0 heterocycles. The molecule has 0 saturated heterocycles. The summed E-state index contributed by atoms with van der Waals surface area (Å²) in [7, 11) is 0. The Morgan fingerprint density at radius 3 is 0.429 bits per heavy atom. The third kappa shape index (κ3) is 41.0. The molecule has 0 aliphatic carbocycles. The molecule has 0 aromatic heterocycles. The van der Waals surface area contributed by atoms with Gasteiger partial charge in [0.1, 0.15) is 0 Å². The Kier molecular flexibility index (Phi) is 528. The molecule has 0 bridgehead atoms. The predicted molar refractivity (Wildman–Crippen MR) is 40.5 cm³/mol. The van der Waals surface area contributed by atoms with Crippen molar-refractivity contribution in [2.45, 2.75) is 0 Å². The molecule has 0 aliphatic heterocycles. The standard InChI is InChI=1S/4ClH.2Na.Pt/h4*1H;;;. The van der Waals surface area contributed by atoms with Crippen molar-refractivity contribution in [3.8, 4) is 0 Å². The van der Waals surface area contributed by atoms with Gasteiger partial charge < -0.3 is 0 Å². The van der Waals surface area contributed by atoms with Crippen molar-refractivity contribution in [2.75, 3.05) is 0 Å². The van der Waals surface area contributed by atoms with Crippen LogP contribution in [0.3, 0.4) is 0 Å². The third-order valence-corrected chi connectivity index (χ3v) is 0. The van der Waals surface area contributed by atoms with Gasteiger partial charge in [-0.1, -0.05) is 0 Å². The van der Waals surface area contributed by atoms with Crippen LogP contribution in [0.1, 0.15) is 0 Å². The second kappa shape index (κ2) is 52.1. The molecular formula is H4Cl4Na2Pt. The van der Waals surface area contributed by atoms with Crippen molar-refractivity contribution >= 4 is 109 Å². The van der Waals surface area contributed by atoms with Gasteiger partial charge in [0.05, 0.1) is 0 Å². The number of rotatable bonds is 0. The molecule has 0 fully saturated rings. The molecule has 7 heavy (non-hydrogen) atoms. The van der Waals surface area contributed by atoms with Crippen LogP contribution in [0.2, 0.25) is 0 Å².